The van der Waals surface area contributed by atoms with Crippen molar-refractivity contribution in [3.63, 3.8) is 0 Å². The summed E-state index contributed by atoms with van der Waals surface area (Å²) in [5, 5.41) is 13.9. The molecule has 10 heteroatoms. The summed E-state index contributed by atoms with van der Waals surface area (Å²) < 4.78 is 43.7. The van der Waals surface area contributed by atoms with E-state index < -0.39 is 26.5 Å². The molecule has 0 amide bonds. The Labute approximate surface area is 150 Å². The number of nitro groups is 1. The summed E-state index contributed by atoms with van der Waals surface area (Å²) in [7, 11) is 0.607. The number of halogens is 1. The van der Waals surface area contributed by atoms with E-state index in [-0.39, 0.29) is 22.9 Å². The lowest BCUT2D eigenvalue weighted by molar-refractivity contribution is -0.384. The Morgan fingerprint density at radius 2 is 1.85 bits per heavy atom. The van der Waals surface area contributed by atoms with Crippen LogP contribution in [0.3, 0.4) is 0 Å². The molecular weight excluding hydrogens is 365 g/mol. The van der Waals surface area contributed by atoms with Crippen LogP contribution in [0.1, 0.15) is 5.56 Å². The number of benzene rings is 2. The molecule has 0 radical (unpaired) electrons. The normalized spacial score (nSPS) is 11.4. The number of hydrogen-bond donors (Lipinski definition) is 1. The monoisotopic (exact) mass is 383 g/mol. The van der Waals surface area contributed by atoms with E-state index in [1.54, 1.807) is 12.1 Å². The van der Waals surface area contributed by atoms with Crippen molar-refractivity contribution in [3.8, 4) is 5.75 Å². The third-order valence-corrected chi connectivity index (χ3v) is 5.48. The van der Waals surface area contributed by atoms with Crippen LogP contribution in [-0.4, -0.2) is 38.9 Å². The number of anilines is 1. The molecule has 0 atom stereocenters. The molecule has 0 aliphatic carbocycles. The van der Waals surface area contributed by atoms with Gasteiger partial charge in [-0.2, -0.15) is 0 Å². The summed E-state index contributed by atoms with van der Waals surface area (Å²) in [6.45, 7) is 0.178. The lowest BCUT2D eigenvalue weighted by Gasteiger charge is -2.12. The Kier molecular flexibility index (Phi) is 5.78. The average molecular weight is 383 g/mol. The number of nitrogens with zero attached hydrogens (tertiary/aromatic N) is 2. The zero-order valence-corrected chi connectivity index (χ0v) is 15.2. The highest BCUT2D eigenvalue weighted by molar-refractivity contribution is 7.89. The number of ether oxygens (including phenoxy) is 1. The van der Waals surface area contributed by atoms with Crippen molar-refractivity contribution >= 4 is 21.4 Å². The Morgan fingerprint density at radius 1 is 1.23 bits per heavy atom. The van der Waals surface area contributed by atoms with Gasteiger partial charge in [0.15, 0.2) is 11.6 Å². The predicted octanol–water partition coefficient (Wildman–Crippen LogP) is 2.60. The fraction of sp³-hybridized carbons (Fsp3) is 0.250. The molecule has 0 heterocycles. The van der Waals surface area contributed by atoms with Gasteiger partial charge in [-0.1, -0.05) is 12.1 Å². The van der Waals surface area contributed by atoms with Crippen LogP contribution < -0.4 is 10.1 Å². The van der Waals surface area contributed by atoms with Crippen LogP contribution in [0.4, 0.5) is 15.8 Å². The summed E-state index contributed by atoms with van der Waals surface area (Å²) >= 11 is 0. The third-order valence-electron chi connectivity index (χ3n) is 3.65. The van der Waals surface area contributed by atoms with Gasteiger partial charge in [-0.25, -0.2) is 17.1 Å². The van der Waals surface area contributed by atoms with Gasteiger partial charge in [0.2, 0.25) is 10.0 Å². The first-order valence-electron chi connectivity index (χ1n) is 7.44. The van der Waals surface area contributed by atoms with Gasteiger partial charge in [-0.05, 0) is 17.7 Å². The lowest BCUT2D eigenvalue weighted by Crippen LogP contribution is -2.22. The summed E-state index contributed by atoms with van der Waals surface area (Å²) in [5.74, 6) is -0.950. The molecule has 0 saturated heterocycles. The number of sulfonamides is 1. The van der Waals surface area contributed by atoms with Crippen LogP contribution in [0.5, 0.6) is 5.75 Å². The van der Waals surface area contributed by atoms with Crippen molar-refractivity contribution in [2.45, 2.75) is 11.4 Å². The Hall–Kier alpha value is -2.72. The van der Waals surface area contributed by atoms with Crippen LogP contribution >= 0.6 is 0 Å². The fourth-order valence-electron chi connectivity index (χ4n) is 2.18. The van der Waals surface area contributed by atoms with Crippen LogP contribution in [-0.2, 0) is 16.6 Å². The van der Waals surface area contributed by atoms with Gasteiger partial charge < -0.3 is 10.1 Å². The van der Waals surface area contributed by atoms with Crippen molar-refractivity contribution in [1.82, 2.24) is 4.31 Å². The first-order valence-corrected chi connectivity index (χ1v) is 8.88. The van der Waals surface area contributed by atoms with E-state index in [1.807, 2.05) is 0 Å². The summed E-state index contributed by atoms with van der Waals surface area (Å²) in [4.78, 5) is 10.5. The van der Waals surface area contributed by atoms with E-state index in [1.165, 1.54) is 39.4 Å². The van der Waals surface area contributed by atoms with Gasteiger partial charge in [-0.15, -0.1) is 0 Å². The fourth-order valence-corrected chi connectivity index (χ4v) is 3.08. The topological polar surface area (TPSA) is 102 Å². The van der Waals surface area contributed by atoms with Crippen molar-refractivity contribution in [1.29, 1.82) is 0 Å². The van der Waals surface area contributed by atoms with Gasteiger partial charge >= 0.3 is 0 Å². The molecule has 0 aromatic heterocycles. The Morgan fingerprint density at radius 3 is 2.35 bits per heavy atom. The molecule has 8 nitrogen and oxygen atoms in total. The molecule has 2 rings (SSSR count). The molecular formula is C16H18FN3O5S. The number of nitrogens with one attached hydrogen (secondary N) is 1. The third kappa shape index (κ3) is 4.09. The summed E-state index contributed by atoms with van der Waals surface area (Å²) in [6, 6.07) is 8.08. The second-order valence-corrected chi connectivity index (χ2v) is 7.70. The van der Waals surface area contributed by atoms with Gasteiger partial charge in [0.25, 0.3) is 5.69 Å². The highest BCUT2D eigenvalue weighted by Crippen LogP contribution is 2.32. The highest BCUT2D eigenvalue weighted by atomic mass is 32.2. The van der Waals surface area contributed by atoms with Crippen molar-refractivity contribution in [2.75, 3.05) is 26.5 Å². The van der Waals surface area contributed by atoms with E-state index in [9.17, 15) is 22.9 Å². The van der Waals surface area contributed by atoms with Crippen molar-refractivity contribution in [2.24, 2.45) is 0 Å². The van der Waals surface area contributed by atoms with E-state index in [0.717, 1.165) is 10.4 Å². The highest BCUT2D eigenvalue weighted by Gasteiger charge is 2.19. The van der Waals surface area contributed by atoms with E-state index >= 15 is 0 Å². The van der Waals surface area contributed by atoms with Crippen LogP contribution in [0.2, 0.25) is 0 Å². The first kappa shape index (κ1) is 19.6. The molecule has 140 valence electrons. The Balaban J connectivity index is 2.23. The number of hydrogen-bond acceptors (Lipinski definition) is 6. The SMILES string of the molecule is COc1cc(NCc2ccc(S(=O)(=O)N(C)C)cc2)c([N+](=O)[O-])cc1F. The molecule has 0 bridgehead atoms. The molecule has 1 N–H and O–H groups in total. The standard InChI is InChI=1S/C16H18FN3O5S/c1-19(2)26(23,24)12-6-4-11(5-7-12)10-18-14-9-16(25-3)13(17)8-15(14)20(21)22/h4-9,18H,10H2,1-3H3. The molecule has 0 saturated carbocycles. The number of nitro benzene ring substituents is 1. The second kappa shape index (κ2) is 7.67. The smallest absolute Gasteiger partial charge is 0.295 e. The predicted molar refractivity (Wildman–Crippen MR) is 94.2 cm³/mol. The second-order valence-electron chi connectivity index (χ2n) is 5.55. The lowest BCUT2D eigenvalue weighted by atomic mass is 10.2. The minimum atomic E-state index is -3.53. The van der Waals surface area contributed by atoms with E-state index in [0.29, 0.717) is 5.56 Å². The number of rotatable bonds is 7. The Bertz CT molecular complexity index is 914. The average Bonchev–Trinajstić information content (AvgIpc) is 2.60. The molecule has 0 aliphatic rings. The minimum Gasteiger partial charge on any atom is -0.494 e. The largest absolute Gasteiger partial charge is 0.494 e. The van der Waals surface area contributed by atoms with Crippen molar-refractivity contribution < 1.29 is 22.5 Å². The summed E-state index contributed by atoms with van der Waals surface area (Å²) in [6.07, 6.45) is 0. The molecule has 0 unspecified atom stereocenters. The van der Waals surface area contributed by atoms with E-state index in [4.69, 9.17) is 4.74 Å². The van der Waals surface area contributed by atoms with Crippen molar-refractivity contribution in [3.05, 3.63) is 57.9 Å². The molecule has 26 heavy (non-hydrogen) atoms. The quantitative estimate of drug-likeness (QED) is 0.582. The molecule has 0 aliphatic heterocycles. The van der Waals surface area contributed by atoms with Gasteiger partial charge in [0.05, 0.1) is 23.0 Å². The molecule has 2 aromatic rings. The number of methoxy groups -OCH3 is 1. The maximum atomic E-state index is 13.7. The maximum Gasteiger partial charge on any atom is 0.295 e. The first-order chi connectivity index (χ1) is 12.2. The molecule has 2 aromatic carbocycles. The van der Waals surface area contributed by atoms with Gasteiger partial charge in [0.1, 0.15) is 5.69 Å². The van der Waals surface area contributed by atoms with Crippen LogP contribution in [0.25, 0.3) is 0 Å². The van der Waals surface area contributed by atoms with Gasteiger partial charge in [0, 0.05) is 26.7 Å². The zero-order valence-electron chi connectivity index (χ0n) is 14.4. The zero-order chi connectivity index (χ0) is 19.5. The van der Waals surface area contributed by atoms with Crippen LogP contribution in [0, 0.1) is 15.9 Å². The molecule has 0 fully saturated rings. The van der Waals surface area contributed by atoms with Crippen LogP contribution in [0.15, 0.2) is 41.3 Å². The summed E-state index contributed by atoms with van der Waals surface area (Å²) in [5.41, 5.74) is 0.369. The molecule has 0 spiro atoms. The van der Waals surface area contributed by atoms with E-state index in [2.05, 4.69) is 5.32 Å². The van der Waals surface area contributed by atoms with Gasteiger partial charge in [-0.3, -0.25) is 10.1 Å². The maximum absolute atomic E-state index is 13.7. The minimum absolute atomic E-state index is 0.0956.